The van der Waals surface area contributed by atoms with Crippen LogP contribution in [0, 0.1) is 11.6 Å². The number of rotatable bonds is 3. The van der Waals surface area contributed by atoms with Crippen LogP contribution in [0.25, 0.3) is 11.1 Å². The second-order valence-corrected chi connectivity index (χ2v) is 5.24. The van der Waals surface area contributed by atoms with Gasteiger partial charge < -0.3 is 9.64 Å². The van der Waals surface area contributed by atoms with Crippen molar-refractivity contribution in [1.29, 1.82) is 0 Å². The minimum atomic E-state index is -0.441. The molecule has 1 aliphatic rings. The van der Waals surface area contributed by atoms with E-state index >= 15 is 0 Å². The predicted octanol–water partition coefficient (Wildman–Crippen LogP) is 3.43. The number of nitrogens with zero attached hydrogens (tertiary/aromatic N) is 2. The molecule has 2 heterocycles. The van der Waals surface area contributed by atoms with E-state index in [-0.39, 0.29) is 5.56 Å². The Bertz CT molecular complexity index is 670. The minimum Gasteiger partial charge on any atom is -0.378 e. The molecule has 0 unspecified atom stereocenters. The smallest absolute Gasteiger partial charge is 0.132 e. The van der Waals surface area contributed by atoms with Crippen molar-refractivity contribution in [2.75, 3.05) is 31.2 Å². The number of hydrogen-bond acceptors (Lipinski definition) is 3. The molecule has 0 bridgehead atoms. The molecular formula is C17H18F2N2O. The molecular weight excluding hydrogens is 286 g/mol. The fraction of sp³-hybridized carbons (Fsp3) is 0.353. The summed E-state index contributed by atoms with van der Waals surface area (Å²) in [5.74, 6) is -0.0228. The van der Waals surface area contributed by atoms with E-state index in [4.69, 9.17) is 4.74 Å². The normalized spacial score (nSPS) is 15.1. The monoisotopic (exact) mass is 304 g/mol. The van der Waals surface area contributed by atoms with Crippen molar-refractivity contribution in [3.63, 3.8) is 0 Å². The summed E-state index contributed by atoms with van der Waals surface area (Å²) in [6.45, 7) is 4.83. The molecule has 1 fully saturated rings. The summed E-state index contributed by atoms with van der Waals surface area (Å²) in [6, 6.07) is 5.29. The third kappa shape index (κ3) is 2.81. The van der Waals surface area contributed by atoms with Gasteiger partial charge in [0.15, 0.2) is 0 Å². The third-order valence-corrected chi connectivity index (χ3v) is 3.92. The molecule has 0 aliphatic carbocycles. The average molecular weight is 304 g/mol. The number of halogens is 2. The maximum atomic E-state index is 14.1. The van der Waals surface area contributed by atoms with E-state index in [0.29, 0.717) is 25.2 Å². The van der Waals surface area contributed by atoms with Crippen molar-refractivity contribution in [1.82, 2.24) is 4.98 Å². The Morgan fingerprint density at radius 2 is 1.91 bits per heavy atom. The molecule has 1 saturated heterocycles. The van der Waals surface area contributed by atoms with Gasteiger partial charge in [-0.3, -0.25) is 0 Å². The predicted molar refractivity (Wildman–Crippen MR) is 82.0 cm³/mol. The highest BCUT2D eigenvalue weighted by Crippen LogP contribution is 2.32. The molecule has 1 aromatic carbocycles. The van der Waals surface area contributed by atoms with E-state index < -0.39 is 11.6 Å². The van der Waals surface area contributed by atoms with Crippen LogP contribution in [-0.4, -0.2) is 31.3 Å². The van der Waals surface area contributed by atoms with Gasteiger partial charge in [0.2, 0.25) is 0 Å². The summed E-state index contributed by atoms with van der Waals surface area (Å²) < 4.78 is 33.0. The van der Waals surface area contributed by atoms with Gasteiger partial charge in [-0.05, 0) is 36.2 Å². The first-order chi connectivity index (χ1) is 10.7. The van der Waals surface area contributed by atoms with Crippen molar-refractivity contribution >= 4 is 5.82 Å². The Hall–Kier alpha value is -2.01. The lowest BCUT2D eigenvalue weighted by atomic mass is 9.98. The van der Waals surface area contributed by atoms with Crippen LogP contribution < -0.4 is 4.90 Å². The molecule has 0 amide bonds. The molecule has 5 heteroatoms. The van der Waals surface area contributed by atoms with E-state index in [1.807, 2.05) is 6.92 Å². The second-order valence-electron chi connectivity index (χ2n) is 5.24. The van der Waals surface area contributed by atoms with Crippen LogP contribution in [0.4, 0.5) is 14.6 Å². The first kappa shape index (κ1) is 14.9. The van der Waals surface area contributed by atoms with E-state index in [9.17, 15) is 8.78 Å². The summed E-state index contributed by atoms with van der Waals surface area (Å²) in [6.07, 6.45) is 2.36. The lowest BCUT2D eigenvalue weighted by molar-refractivity contribution is 0.122. The van der Waals surface area contributed by atoms with Crippen molar-refractivity contribution in [3.05, 3.63) is 47.7 Å². The Morgan fingerprint density at radius 1 is 1.14 bits per heavy atom. The molecule has 0 atom stereocenters. The fourth-order valence-corrected chi connectivity index (χ4v) is 2.83. The van der Waals surface area contributed by atoms with E-state index in [2.05, 4.69) is 9.88 Å². The molecule has 3 nitrogen and oxygen atoms in total. The Kier molecular flexibility index (Phi) is 4.34. The van der Waals surface area contributed by atoms with Crippen LogP contribution in [-0.2, 0) is 11.2 Å². The molecule has 116 valence electrons. The molecule has 3 rings (SSSR count). The number of benzene rings is 1. The van der Waals surface area contributed by atoms with Gasteiger partial charge in [-0.25, -0.2) is 13.8 Å². The van der Waals surface area contributed by atoms with Gasteiger partial charge in [0.25, 0.3) is 0 Å². The van der Waals surface area contributed by atoms with Gasteiger partial charge in [0.1, 0.15) is 17.5 Å². The minimum absolute atomic E-state index is 0.286. The molecule has 2 aromatic rings. The molecule has 1 aliphatic heterocycles. The van der Waals surface area contributed by atoms with Crippen molar-refractivity contribution in [2.24, 2.45) is 0 Å². The molecule has 22 heavy (non-hydrogen) atoms. The van der Waals surface area contributed by atoms with E-state index in [0.717, 1.165) is 30.5 Å². The maximum absolute atomic E-state index is 14.1. The summed E-state index contributed by atoms with van der Waals surface area (Å²) in [4.78, 5) is 6.61. The lowest BCUT2D eigenvalue weighted by Gasteiger charge is -2.30. The summed E-state index contributed by atoms with van der Waals surface area (Å²) >= 11 is 0. The zero-order valence-corrected chi connectivity index (χ0v) is 12.5. The largest absolute Gasteiger partial charge is 0.378 e. The van der Waals surface area contributed by atoms with Gasteiger partial charge in [-0.2, -0.15) is 0 Å². The van der Waals surface area contributed by atoms with Crippen LogP contribution in [0.5, 0.6) is 0 Å². The molecule has 0 spiro atoms. The maximum Gasteiger partial charge on any atom is 0.132 e. The molecule has 0 saturated carbocycles. The highest BCUT2D eigenvalue weighted by atomic mass is 19.1. The van der Waals surface area contributed by atoms with Gasteiger partial charge in [0, 0.05) is 30.4 Å². The van der Waals surface area contributed by atoms with Crippen molar-refractivity contribution < 1.29 is 13.5 Å². The third-order valence-electron chi connectivity index (χ3n) is 3.92. The van der Waals surface area contributed by atoms with Crippen LogP contribution >= 0.6 is 0 Å². The van der Waals surface area contributed by atoms with Gasteiger partial charge >= 0.3 is 0 Å². The van der Waals surface area contributed by atoms with Gasteiger partial charge in [-0.15, -0.1) is 0 Å². The second kappa shape index (κ2) is 6.40. The number of anilines is 1. The number of pyridine rings is 1. The van der Waals surface area contributed by atoms with Gasteiger partial charge in [0.05, 0.1) is 13.2 Å². The summed E-state index contributed by atoms with van der Waals surface area (Å²) in [5, 5.41) is 0. The molecule has 0 N–H and O–H groups in total. The van der Waals surface area contributed by atoms with E-state index in [1.54, 1.807) is 12.3 Å². The zero-order chi connectivity index (χ0) is 15.5. The number of hydrogen-bond donors (Lipinski definition) is 0. The summed E-state index contributed by atoms with van der Waals surface area (Å²) in [7, 11) is 0. The van der Waals surface area contributed by atoms with Crippen LogP contribution in [0.15, 0.2) is 30.5 Å². The number of ether oxygens (including phenoxy) is 1. The molecule has 0 radical (unpaired) electrons. The molecule has 1 aromatic heterocycles. The Balaban J connectivity index is 2.10. The topological polar surface area (TPSA) is 25.4 Å². The Morgan fingerprint density at radius 3 is 2.64 bits per heavy atom. The Labute approximate surface area is 128 Å². The lowest BCUT2D eigenvalue weighted by Crippen LogP contribution is -2.37. The van der Waals surface area contributed by atoms with Crippen molar-refractivity contribution in [3.8, 4) is 11.1 Å². The van der Waals surface area contributed by atoms with E-state index in [1.165, 1.54) is 12.1 Å². The standard InChI is InChI=1S/C17H18F2N2O/c1-2-13-14(15-11-12(18)3-4-16(15)19)5-6-20-17(13)21-7-9-22-10-8-21/h3-6,11H,2,7-10H2,1H3. The highest BCUT2D eigenvalue weighted by Gasteiger charge is 2.19. The highest BCUT2D eigenvalue weighted by molar-refractivity contribution is 5.73. The van der Waals surface area contributed by atoms with Crippen LogP contribution in [0.1, 0.15) is 12.5 Å². The van der Waals surface area contributed by atoms with Crippen LogP contribution in [0.3, 0.4) is 0 Å². The number of morpholine rings is 1. The average Bonchev–Trinajstić information content (AvgIpc) is 2.57. The zero-order valence-electron chi connectivity index (χ0n) is 12.5. The first-order valence-electron chi connectivity index (χ1n) is 7.46. The van der Waals surface area contributed by atoms with Crippen molar-refractivity contribution in [2.45, 2.75) is 13.3 Å². The first-order valence-corrected chi connectivity index (χ1v) is 7.46. The SMILES string of the molecule is CCc1c(-c2cc(F)ccc2F)ccnc1N1CCOCC1. The number of aromatic nitrogens is 1. The fourth-order valence-electron chi connectivity index (χ4n) is 2.83. The van der Waals surface area contributed by atoms with Crippen LogP contribution in [0.2, 0.25) is 0 Å². The van der Waals surface area contributed by atoms with Gasteiger partial charge in [-0.1, -0.05) is 6.92 Å². The quantitative estimate of drug-likeness (QED) is 0.869. The summed E-state index contributed by atoms with van der Waals surface area (Å²) in [5.41, 5.74) is 1.93.